The first-order valence-electron chi connectivity index (χ1n) is 20.2. The molecule has 1 N–H and O–H groups in total. The second kappa shape index (κ2) is 15.9. The smallest absolute Gasteiger partial charge is 0.507 e. The zero-order valence-electron chi connectivity index (χ0n) is 33.7. The number of hydrogen-bond acceptors (Lipinski definition) is 3. The molecule has 0 aliphatic heterocycles. The van der Waals surface area contributed by atoms with Crippen molar-refractivity contribution in [2.45, 2.75) is 39.5 Å². The number of rotatable bonds is 8. The Bertz CT molecular complexity index is 3100. The zero-order chi connectivity index (χ0) is 40.2. The van der Waals surface area contributed by atoms with Crippen molar-refractivity contribution in [1.29, 1.82) is 0 Å². The maximum Gasteiger partial charge on any atom is 2.00 e. The molecule has 0 spiro atoms. The second-order valence-electron chi connectivity index (χ2n) is 15.7. The van der Waals surface area contributed by atoms with E-state index in [2.05, 4.69) is 175 Å². The minimum Gasteiger partial charge on any atom is -0.507 e. The Balaban J connectivity index is 0.00000462. The van der Waals surface area contributed by atoms with E-state index in [4.69, 9.17) is 9.97 Å². The van der Waals surface area contributed by atoms with Crippen LogP contribution in [0.2, 0.25) is 0 Å². The number of phenols is 1. The van der Waals surface area contributed by atoms with E-state index in [0.717, 1.165) is 72.3 Å². The van der Waals surface area contributed by atoms with Gasteiger partial charge in [-0.3, -0.25) is 9.13 Å². The van der Waals surface area contributed by atoms with E-state index in [9.17, 15) is 5.11 Å². The molecule has 0 unspecified atom stereocenters. The minimum atomic E-state index is 0. The molecule has 10 rings (SSSR count). The molecule has 10 aromatic rings. The second-order valence-corrected chi connectivity index (χ2v) is 15.7. The number of fused-ring (bicyclic) bond motifs is 4. The SMILES string of the molecule is CC(C)c1cccc(C(C)C)c1-n1c(-c2ccccc2O)nc2c(-c3[c-]c4c(cc3)ncc3c[n+](-c5c(-c6ccccc6)cccc5-c5ccccc5)[c-]n34)cccc21.[Pt+2]. The van der Waals surface area contributed by atoms with E-state index in [1.165, 1.54) is 11.1 Å². The van der Waals surface area contributed by atoms with Crippen molar-refractivity contribution in [1.82, 2.24) is 18.9 Å². The molecule has 0 saturated carbocycles. The fraction of sp³-hybridized carbons (Fsp3) is 0.113. The van der Waals surface area contributed by atoms with Crippen LogP contribution in [0, 0.1) is 12.4 Å². The predicted molar refractivity (Wildman–Crippen MR) is 238 cm³/mol. The van der Waals surface area contributed by atoms with E-state index in [1.54, 1.807) is 6.07 Å². The van der Waals surface area contributed by atoms with Gasteiger partial charge >= 0.3 is 21.1 Å². The summed E-state index contributed by atoms with van der Waals surface area (Å²) in [6.07, 6.45) is 7.70. The van der Waals surface area contributed by atoms with Crippen LogP contribution in [0.25, 0.3) is 83.7 Å². The van der Waals surface area contributed by atoms with Crippen LogP contribution < -0.4 is 4.57 Å². The molecule has 3 heterocycles. The van der Waals surface area contributed by atoms with Gasteiger partial charge in [0, 0.05) is 17.9 Å². The van der Waals surface area contributed by atoms with Gasteiger partial charge in [0.05, 0.1) is 33.5 Å². The van der Waals surface area contributed by atoms with Crippen molar-refractivity contribution in [3.8, 4) is 61.9 Å². The van der Waals surface area contributed by atoms with Gasteiger partial charge < -0.3 is 14.5 Å². The van der Waals surface area contributed by atoms with Crippen LogP contribution in [0.3, 0.4) is 0 Å². The molecule has 7 heteroatoms. The molecule has 0 fully saturated rings. The molecule has 3 aromatic heterocycles. The van der Waals surface area contributed by atoms with Crippen molar-refractivity contribution >= 4 is 27.6 Å². The summed E-state index contributed by atoms with van der Waals surface area (Å²) in [5.74, 6) is 1.39. The molecular formula is C53H42N5OPt+. The summed E-state index contributed by atoms with van der Waals surface area (Å²) in [4.78, 5) is 10.3. The summed E-state index contributed by atoms with van der Waals surface area (Å²) in [7, 11) is 0. The first-order valence-corrected chi connectivity index (χ1v) is 20.2. The van der Waals surface area contributed by atoms with Gasteiger partial charge in [0.15, 0.2) is 0 Å². The van der Waals surface area contributed by atoms with Crippen LogP contribution in [0.15, 0.2) is 164 Å². The van der Waals surface area contributed by atoms with Crippen molar-refractivity contribution < 1.29 is 30.7 Å². The Labute approximate surface area is 364 Å². The third-order valence-electron chi connectivity index (χ3n) is 11.3. The van der Waals surface area contributed by atoms with Gasteiger partial charge in [0.1, 0.15) is 11.6 Å². The summed E-state index contributed by atoms with van der Waals surface area (Å²) in [6.45, 7) is 8.93. The topological polar surface area (TPSA) is 59.2 Å². The van der Waals surface area contributed by atoms with Crippen LogP contribution >= 0.6 is 0 Å². The van der Waals surface area contributed by atoms with Gasteiger partial charge in [-0.2, -0.15) is 0 Å². The molecule has 6 nitrogen and oxygen atoms in total. The quantitative estimate of drug-likeness (QED) is 0.122. The summed E-state index contributed by atoms with van der Waals surface area (Å²) >= 11 is 0. The van der Waals surface area contributed by atoms with Crippen LogP contribution in [0.1, 0.15) is 50.7 Å². The summed E-state index contributed by atoms with van der Waals surface area (Å²) < 4.78 is 6.42. The van der Waals surface area contributed by atoms with Crippen molar-refractivity contribution in [2.75, 3.05) is 0 Å². The Morgan fingerprint density at radius 2 is 1.20 bits per heavy atom. The van der Waals surface area contributed by atoms with E-state index in [-0.39, 0.29) is 38.7 Å². The van der Waals surface area contributed by atoms with Gasteiger partial charge in [-0.15, -0.1) is 23.8 Å². The number of phenolic OH excluding ortho intramolecular Hbond substituents is 1. The number of hydrogen-bond donors (Lipinski definition) is 1. The van der Waals surface area contributed by atoms with E-state index >= 15 is 0 Å². The third-order valence-corrected chi connectivity index (χ3v) is 11.3. The van der Waals surface area contributed by atoms with Crippen LogP contribution in [-0.4, -0.2) is 24.0 Å². The number of para-hydroxylation sites is 4. The van der Waals surface area contributed by atoms with Crippen molar-refractivity contribution in [3.63, 3.8) is 0 Å². The summed E-state index contributed by atoms with van der Waals surface area (Å²) in [5, 5.41) is 11.3. The normalized spacial score (nSPS) is 11.6. The maximum absolute atomic E-state index is 11.3. The minimum absolute atomic E-state index is 0. The molecule has 7 aromatic carbocycles. The van der Waals surface area contributed by atoms with E-state index < -0.39 is 0 Å². The summed E-state index contributed by atoms with van der Waals surface area (Å²) in [5.41, 5.74) is 15.8. The number of benzene rings is 7. The fourth-order valence-electron chi connectivity index (χ4n) is 8.47. The van der Waals surface area contributed by atoms with Gasteiger partial charge in [-0.05, 0) is 68.9 Å². The first-order chi connectivity index (χ1) is 28.9. The third kappa shape index (κ3) is 6.62. The molecule has 294 valence electrons. The Morgan fingerprint density at radius 1 is 0.617 bits per heavy atom. The van der Waals surface area contributed by atoms with Crippen molar-refractivity contribution in [3.05, 3.63) is 188 Å². The summed E-state index contributed by atoms with van der Waals surface area (Å²) in [6, 6.07) is 55.8. The first kappa shape index (κ1) is 38.9. The molecule has 0 aliphatic carbocycles. The van der Waals surface area contributed by atoms with Crippen LogP contribution in [-0.2, 0) is 21.1 Å². The molecule has 0 saturated heterocycles. The fourth-order valence-corrected chi connectivity index (χ4v) is 8.47. The average molecular weight is 960 g/mol. The Morgan fingerprint density at radius 3 is 1.85 bits per heavy atom. The van der Waals surface area contributed by atoms with E-state index in [0.29, 0.717) is 11.4 Å². The predicted octanol–water partition coefficient (Wildman–Crippen LogP) is 12.3. The van der Waals surface area contributed by atoms with Gasteiger partial charge in [-0.25, -0.2) is 4.98 Å². The number of imidazole rings is 2. The maximum atomic E-state index is 11.3. The molecule has 0 aliphatic rings. The Hall–Kier alpha value is -6.62. The molecule has 0 bridgehead atoms. The van der Waals surface area contributed by atoms with E-state index in [1.807, 2.05) is 36.5 Å². The standard InChI is InChI=1S/C53H42N5O.Pt/c1-34(2)40-21-13-22-41(35(3)4)52(40)58-47-26-15-23-42(50(47)55-53(58)45-20-11-12-27-49(45)59)38-28-29-46-48(30-38)57-33-56(32-39(57)31-54-46)51-43(36-16-7-5-8-17-36)24-14-25-44(51)37-18-9-6-10-19-37;/h5-29,31-32,34-35,59H,1-4H3;/q-1;+2. The van der Waals surface area contributed by atoms with Gasteiger partial charge in [0.25, 0.3) is 6.33 Å². The molecule has 0 radical (unpaired) electrons. The van der Waals surface area contributed by atoms with Gasteiger partial charge in [0.2, 0.25) is 0 Å². The number of nitrogens with zero attached hydrogens (tertiary/aromatic N) is 5. The molecule has 60 heavy (non-hydrogen) atoms. The van der Waals surface area contributed by atoms with Gasteiger partial charge in [-0.1, -0.05) is 155 Å². The Kier molecular flexibility index (Phi) is 10.3. The monoisotopic (exact) mass is 959 g/mol. The number of aromatic nitrogens is 5. The molecule has 0 amide bonds. The van der Waals surface area contributed by atoms with Crippen molar-refractivity contribution in [2.24, 2.45) is 0 Å². The zero-order valence-corrected chi connectivity index (χ0v) is 36.0. The van der Waals surface area contributed by atoms with Crippen LogP contribution in [0.4, 0.5) is 0 Å². The average Bonchev–Trinajstić information content (AvgIpc) is 3.89. The molecule has 0 atom stereocenters. The number of aromatic hydroxyl groups is 1. The molecular weight excluding hydrogens is 918 g/mol. The largest absolute Gasteiger partial charge is 2.00 e. The van der Waals surface area contributed by atoms with Crippen LogP contribution in [0.5, 0.6) is 5.75 Å².